The van der Waals surface area contributed by atoms with Crippen LogP contribution >= 0.6 is 24.0 Å². The third kappa shape index (κ3) is 4.44. The van der Waals surface area contributed by atoms with Crippen LogP contribution in [-0.2, 0) is 13.5 Å². The normalized spacial score (nSPS) is 9.93. The lowest BCUT2D eigenvalue weighted by molar-refractivity contribution is 0.661. The highest BCUT2D eigenvalue weighted by molar-refractivity contribution is 14.0. The van der Waals surface area contributed by atoms with Gasteiger partial charge in [-0.1, -0.05) is 26.2 Å². The third-order valence-corrected chi connectivity index (χ3v) is 2.44. The van der Waals surface area contributed by atoms with Gasteiger partial charge in [0.1, 0.15) is 5.82 Å². The smallest absolute Gasteiger partial charge is 0.105 e. The number of halogens is 1. The molecule has 1 rings (SSSR count). The molecule has 0 aliphatic heterocycles. The lowest BCUT2D eigenvalue weighted by atomic mass is 10.1. The quantitative estimate of drug-likeness (QED) is 0.601. The van der Waals surface area contributed by atoms with Crippen molar-refractivity contribution in [3.63, 3.8) is 0 Å². The van der Waals surface area contributed by atoms with Gasteiger partial charge in [0.15, 0.2) is 0 Å². The van der Waals surface area contributed by atoms with Crippen LogP contribution in [0.3, 0.4) is 0 Å². The van der Waals surface area contributed by atoms with Crippen LogP contribution in [0, 0.1) is 6.92 Å². The van der Waals surface area contributed by atoms with E-state index in [4.69, 9.17) is 0 Å². The summed E-state index contributed by atoms with van der Waals surface area (Å²) in [5.74, 6) is 1.12. The van der Waals surface area contributed by atoms with Gasteiger partial charge in [0, 0.05) is 13.2 Å². The zero-order valence-electron chi connectivity index (χ0n) is 9.42. The highest BCUT2D eigenvalue weighted by Crippen LogP contribution is 2.07. The lowest BCUT2D eigenvalue weighted by Gasteiger charge is -1.95. The minimum atomic E-state index is 0. The number of nitrogens with zero attached hydrogens (tertiary/aromatic N) is 2. The monoisotopic (exact) mass is 308 g/mol. The zero-order valence-corrected chi connectivity index (χ0v) is 11.7. The summed E-state index contributed by atoms with van der Waals surface area (Å²) in [6.45, 7) is 4.29. The molecule has 0 radical (unpaired) electrons. The molecule has 0 aliphatic carbocycles. The fourth-order valence-corrected chi connectivity index (χ4v) is 1.49. The maximum atomic E-state index is 4.47. The maximum Gasteiger partial charge on any atom is 0.105 e. The minimum absolute atomic E-state index is 0. The van der Waals surface area contributed by atoms with E-state index in [1.54, 1.807) is 0 Å². The molecule has 0 N–H and O–H groups in total. The fraction of sp³-hybridized carbons (Fsp3) is 0.727. The summed E-state index contributed by atoms with van der Waals surface area (Å²) in [7, 11) is 2.05. The first-order valence-electron chi connectivity index (χ1n) is 5.23. The second-order valence-corrected chi connectivity index (χ2v) is 3.70. The van der Waals surface area contributed by atoms with Crippen molar-refractivity contribution in [2.45, 2.75) is 46.0 Å². The largest absolute Gasteiger partial charge is 0.338 e. The van der Waals surface area contributed by atoms with Crippen molar-refractivity contribution in [2.24, 2.45) is 7.05 Å². The Hall–Kier alpha value is -0.0600. The van der Waals surface area contributed by atoms with Gasteiger partial charge in [-0.3, -0.25) is 0 Å². The van der Waals surface area contributed by atoms with E-state index in [9.17, 15) is 0 Å². The molecule has 0 atom stereocenters. The molecule has 1 aromatic heterocycles. The van der Waals surface area contributed by atoms with E-state index in [0.717, 1.165) is 12.2 Å². The summed E-state index contributed by atoms with van der Waals surface area (Å²) in [4.78, 5) is 4.47. The van der Waals surface area contributed by atoms with Gasteiger partial charge < -0.3 is 4.57 Å². The molecule has 0 saturated heterocycles. The minimum Gasteiger partial charge on any atom is -0.338 e. The van der Waals surface area contributed by atoms with Crippen LogP contribution in [0.25, 0.3) is 0 Å². The highest BCUT2D eigenvalue weighted by atomic mass is 127. The van der Waals surface area contributed by atoms with E-state index in [2.05, 4.69) is 36.6 Å². The lowest BCUT2D eigenvalue weighted by Crippen LogP contribution is -1.86. The summed E-state index contributed by atoms with van der Waals surface area (Å²) in [6, 6.07) is 0. The number of imidazole rings is 1. The van der Waals surface area contributed by atoms with Crippen molar-refractivity contribution in [3.05, 3.63) is 17.7 Å². The standard InChI is InChI=1S/C11H20N2.HI/c1-4-5-6-7-8-11-9-13(3)10(2)12-11;/h9H,4-8H2,1-3H3;1H. The molecule has 0 spiro atoms. The molecule has 2 nitrogen and oxygen atoms in total. The van der Waals surface area contributed by atoms with Gasteiger partial charge in [-0.2, -0.15) is 0 Å². The summed E-state index contributed by atoms with van der Waals surface area (Å²) < 4.78 is 2.09. The highest BCUT2D eigenvalue weighted by Gasteiger charge is 1.99. The molecule has 0 aliphatic rings. The van der Waals surface area contributed by atoms with Crippen LogP contribution in [0.5, 0.6) is 0 Å². The second kappa shape index (κ2) is 7.26. The summed E-state index contributed by atoms with van der Waals surface area (Å²) in [5, 5.41) is 0. The Labute approximate surface area is 104 Å². The first-order valence-corrected chi connectivity index (χ1v) is 5.23. The average molecular weight is 308 g/mol. The van der Waals surface area contributed by atoms with Gasteiger partial charge >= 0.3 is 0 Å². The zero-order chi connectivity index (χ0) is 9.68. The maximum absolute atomic E-state index is 4.47. The van der Waals surface area contributed by atoms with Crippen LogP contribution < -0.4 is 0 Å². The van der Waals surface area contributed by atoms with Crippen LogP contribution in [0.4, 0.5) is 0 Å². The molecule has 0 saturated carbocycles. The van der Waals surface area contributed by atoms with Crippen molar-refractivity contribution in [3.8, 4) is 0 Å². The second-order valence-electron chi connectivity index (χ2n) is 3.70. The van der Waals surface area contributed by atoms with Crippen LogP contribution in [0.15, 0.2) is 6.20 Å². The molecular weight excluding hydrogens is 287 g/mol. The number of hydrogen-bond donors (Lipinski definition) is 0. The van der Waals surface area contributed by atoms with Gasteiger partial charge in [-0.25, -0.2) is 4.98 Å². The molecule has 14 heavy (non-hydrogen) atoms. The molecule has 0 unspecified atom stereocenters. The number of hydrogen-bond acceptors (Lipinski definition) is 1. The summed E-state index contributed by atoms with van der Waals surface area (Å²) in [5.41, 5.74) is 1.25. The van der Waals surface area contributed by atoms with Gasteiger partial charge in [-0.05, 0) is 19.8 Å². The van der Waals surface area contributed by atoms with E-state index in [1.807, 2.05) is 0 Å². The average Bonchev–Trinajstić information content (AvgIpc) is 2.41. The molecule has 82 valence electrons. The Bertz CT molecular complexity index is 236. The molecule has 0 aromatic carbocycles. The number of rotatable bonds is 5. The Morgan fingerprint density at radius 3 is 2.50 bits per heavy atom. The van der Waals surface area contributed by atoms with Crippen LogP contribution in [0.2, 0.25) is 0 Å². The molecule has 1 aromatic rings. The van der Waals surface area contributed by atoms with Gasteiger partial charge in [-0.15, -0.1) is 24.0 Å². The van der Waals surface area contributed by atoms with Gasteiger partial charge in [0.25, 0.3) is 0 Å². The predicted molar refractivity (Wildman–Crippen MR) is 71.2 cm³/mol. The van der Waals surface area contributed by atoms with Crippen molar-refractivity contribution in [1.82, 2.24) is 9.55 Å². The van der Waals surface area contributed by atoms with Crippen molar-refractivity contribution in [1.29, 1.82) is 0 Å². The van der Waals surface area contributed by atoms with Crippen LogP contribution in [-0.4, -0.2) is 9.55 Å². The van der Waals surface area contributed by atoms with Crippen LogP contribution in [0.1, 0.15) is 44.1 Å². The van der Waals surface area contributed by atoms with Gasteiger partial charge in [0.05, 0.1) is 5.69 Å². The van der Waals surface area contributed by atoms with E-state index < -0.39 is 0 Å². The molecule has 3 heteroatoms. The Kier molecular flexibility index (Phi) is 7.23. The summed E-state index contributed by atoms with van der Waals surface area (Å²) >= 11 is 0. The van der Waals surface area contributed by atoms with E-state index >= 15 is 0 Å². The first kappa shape index (κ1) is 13.9. The van der Waals surface area contributed by atoms with E-state index in [1.165, 1.54) is 31.4 Å². The number of unbranched alkanes of at least 4 members (excludes halogenated alkanes) is 3. The van der Waals surface area contributed by atoms with Crippen molar-refractivity contribution >= 4 is 24.0 Å². The number of aryl methyl sites for hydroxylation is 3. The predicted octanol–water partition coefficient (Wildman–Crippen LogP) is 3.47. The van der Waals surface area contributed by atoms with E-state index in [0.29, 0.717) is 0 Å². The molecule has 0 bridgehead atoms. The van der Waals surface area contributed by atoms with Gasteiger partial charge in [0.2, 0.25) is 0 Å². The molecule has 1 heterocycles. The SMILES string of the molecule is CCCCCCc1cn(C)c(C)n1.I. The number of aromatic nitrogens is 2. The summed E-state index contributed by atoms with van der Waals surface area (Å²) in [6.07, 6.45) is 8.56. The van der Waals surface area contributed by atoms with E-state index in [-0.39, 0.29) is 24.0 Å². The first-order chi connectivity index (χ1) is 6.24. The third-order valence-electron chi connectivity index (χ3n) is 2.44. The fourth-order valence-electron chi connectivity index (χ4n) is 1.49. The molecular formula is C11H21IN2. The Balaban J connectivity index is 0.00000169. The molecule has 0 fully saturated rings. The Morgan fingerprint density at radius 2 is 2.00 bits per heavy atom. The van der Waals surface area contributed by atoms with Crippen molar-refractivity contribution in [2.75, 3.05) is 0 Å². The topological polar surface area (TPSA) is 17.8 Å². The Morgan fingerprint density at radius 1 is 1.29 bits per heavy atom. The molecule has 0 amide bonds. The van der Waals surface area contributed by atoms with Crippen molar-refractivity contribution < 1.29 is 0 Å².